The fourth-order valence-corrected chi connectivity index (χ4v) is 4.56. The number of rotatable bonds is 2. The number of anilines is 2. The van der Waals surface area contributed by atoms with Gasteiger partial charge in [-0.3, -0.25) is 0 Å². The quantitative estimate of drug-likeness (QED) is 0.603. The van der Waals surface area contributed by atoms with Gasteiger partial charge in [0.2, 0.25) is 0 Å². The fourth-order valence-electron chi connectivity index (χ4n) is 4.56. The number of aromatic nitrogens is 1. The highest BCUT2D eigenvalue weighted by atomic mass is 19.4. The molecule has 0 saturated carbocycles. The van der Waals surface area contributed by atoms with Gasteiger partial charge in [-0.15, -0.1) is 0 Å². The van der Waals surface area contributed by atoms with Crippen LogP contribution in [0.5, 0.6) is 0 Å². The number of hydrogen-bond donors (Lipinski definition) is 0. The second-order valence-corrected chi connectivity index (χ2v) is 9.96. The summed E-state index contributed by atoms with van der Waals surface area (Å²) in [5.74, 6) is 0.538. The van der Waals surface area contributed by atoms with E-state index < -0.39 is 17.3 Å². The van der Waals surface area contributed by atoms with Crippen molar-refractivity contribution in [2.24, 2.45) is 0 Å². The molecule has 2 aliphatic heterocycles. The first-order chi connectivity index (χ1) is 15.9. The molecule has 3 heterocycles. The molecule has 1 unspecified atom stereocenters. The van der Waals surface area contributed by atoms with Gasteiger partial charge in [0, 0.05) is 50.6 Å². The van der Waals surface area contributed by atoms with Crippen molar-refractivity contribution >= 4 is 17.6 Å². The topological polar surface area (TPSA) is 48.9 Å². The summed E-state index contributed by atoms with van der Waals surface area (Å²) >= 11 is 0. The van der Waals surface area contributed by atoms with E-state index in [0.29, 0.717) is 38.5 Å². The van der Waals surface area contributed by atoms with Crippen LogP contribution in [0.25, 0.3) is 0 Å². The van der Waals surface area contributed by atoms with Gasteiger partial charge in [-0.1, -0.05) is 12.1 Å². The number of alkyl halides is 3. The van der Waals surface area contributed by atoms with Gasteiger partial charge in [0.25, 0.3) is 0 Å². The van der Waals surface area contributed by atoms with Crippen molar-refractivity contribution in [2.75, 3.05) is 36.0 Å². The molecular formula is C25H31F3N4O2. The zero-order valence-corrected chi connectivity index (χ0v) is 20.0. The van der Waals surface area contributed by atoms with E-state index in [1.807, 2.05) is 38.7 Å². The van der Waals surface area contributed by atoms with Crippen LogP contribution in [0.2, 0.25) is 0 Å². The van der Waals surface area contributed by atoms with Gasteiger partial charge < -0.3 is 19.4 Å². The van der Waals surface area contributed by atoms with Crippen molar-refractivity contribution in [3.8, 4) is 0 Å². The van der Waals surface area contributed by atoms with Gasteiger partial charge >= 0.3 is 12.3 Å². The third-order valence-corrected chi connectivity index (χ3v) is 6.24. The molecule has 1 aromatic heterocycles. The van der Waals surface area contributed by atoms with Crippen molar-refractivity contribution in [3.05, 3.63) is 53.2 Å². The lowest BCUT2D eigenvalue weighted by molar-refractivity contribution is -0.137. The summed E-state index contributed by atoms with van der Waals surface area (Å²) in [6.07, 6.45) is -3.01. The molecule has 4 rings (SSSR count). The summed E-state index contributed by atoms with van der Waals surface area (Å²) in [5, 5.41) is 0. The molecule has 0 radical (unpaired) electrons. The molecule has 0 aliphatic carbocycles. The Balaban J connectivity index is 1.50. The molecule has 34 heavy (non-hydrogen) atoms. The summed E-state index contributed by atoms with van der Waals surface area (Å²) in [7, 11) is 0. The average Bonchev–Trinajstić information content (AvgIpc) is 2.76. The minimum Gasteiger partial charge on any atom is -0.444 e. The van der Waals surface area contributed by atoms with Crippen LogP contribution in [0, 0.1) is 0 Å². The summed E-state index contributed by atoms with van der Waals surface area (Å²) in [6, 6.07) is 8.75. The SMILES string of the molecule is CC1CN(c2cccc3c2CN(c2ccc(C(F)(F)F)cn2)CC3)CCN1C(=O)OC(C)(C)C. The fraction of sp³-hybridized carbons (Fsp3) is 0.520. The Labute approximate surface area is 198 Å². The summed E-state index contributed by atoms with van der Waals surface area (Å²) < 4.78 is 44.3. The number of amides is 1. The lowest BCUT2D eigenvalue weighted by atomic mass is 9.96. The molecule has 2 aromatic rings. The van der Waals surface area contributed by atoms with Crippen LogP contribution in [0.1, 0.15) is 44.4 Å². The molecule has 1 fully saturated rings. The first-order valence-corrected chi connectivity index (χ1v) is 11.6. The average molecular weight is 477 g/mol. The molecule has 2 aliphatic rings. The molecular weight excluding hydrogens is 445 g/mol. The number of fused-ring (bicyclic) bond motifs is 1. The Bertz CT molecular complexity index is 1030. The van der Waals surface area contributed by atoms with Crippen LogP contribution in [-0.4, -0.2) is 53.8 Å². The first-order valence-electron chi connectivity index (χ1n) is 11.6. The second kappa shape index (κ2) is 9.00. The first kappa shape index (κ1) is 24.2. The van der Waals surface area contributed by atoms with E-state index in [0.717, 1.165) is 29.9 Å². The second-order valence-electron chi connectivity index (χ2n) is 9.96. The number of ether oxygens (including phenoxy) is 1. The van der Waals surface area contributed by atoms with Gasteiger partial charge in [0.15, 0.2) is 0 Å². The van der Waals surface area contributed by atoms with Crippen molar-refractivity contribution < 1.29 is 22.7 Å². The Kier molecular flexibility index (Phi) is 6.40. The number of halogens is 3. The van der Waals surface area contributed by atoms with Gasteiger partial charge in [-0.25, -0.2) is 9.78 Å². The third kappa shape index (κ3) is 5.23. The monoisotopic (exact) mass is 476 g/mol. The smallest absolute Gasteiger partial charge is 0.417 e. The van der Waals surface area contributed by atoms with Gasteiger partial charge in [-0.2, -0.15) is 13.2 Å². The highest BCUT2D eigenvalue weighted by Crippen LogP contribution is 2.34. The number of carbonyl (C=O) groups is 1. The number of nitrogens with zero attached hydrogens (tertiary/aromatic N) is 4. The number of hydrogen-bond acceptors (Lipinski definition) is 5. The number of pyridine rings is 1. The summed E-state index contributed by atoms with van der Waals surface area (Å²) in [4.78, 5) is 22.8. The Morgan fingerprint density at radius 3 is 2.44 bits per heavy atom. The van der Waals surface area contributed by atoms with Crippen LogP contribution in [0.4, 0.5) is 29.5 Å². The Morgan fingerprint density at radius 1 is 1.06 bits per heavy atom. The maximum atomic E-state index is 12.9. The normalized spacial score (nSPS) is 19.1. The largest absolute Gasteiger partial charge is 0.444 e. The van der Waals surface area contributed by atoms with E-state index in [1.165, 1.54) is 11.6 Å². The van der Waals surface area contributed by atoms with Crippen LogP contribution >= 0.6 is 0 Å². The molecule has 0 N–H and O–H groups in total. The van der Waals surface area contributed by atoms with Crippen molar-refractivity contribution in [1.29, 1.82) is 0 Å². The van der Waals surface area contributed by atoms with Crippen LogP contribution < -0.4 is 9.80 Å². The molecule has 1 amide bonds. The standard InChI is InChI=1S/C25H31F3N4O2/c1-17-15-30(12-13-32(17)23(33)34-24(2,3)4)21-7-5-6-18-10-11-31(16-20(18)21)22-9-8-19(14-29-22)25(26,27)28/h5-9,14,17H,10-13,15-16H2,1-4H3. The molecule has 6 nitrogen and oxygen atoms in total. The van der Waals surface area contributed by atoms with E-state index in [4.69, 9.17) is 4.74 Å². The zero-order chi connectivity index (χ0) is 24.7. The number of carbonyl (C=O) groups excluding carboxylic acids is 1. The third-order valence-electron chi connectivity index (χ3n) is 6.24. The van der Waals surface area contributed by atoms with Crippen LogP contribution in [0.15, 0.2) is 36.5 Å². The van der Waals surface area contributed by atoms with E-state index in [1.54, 1.807) is 4.90 Å². The maximum absolute atomic E-state index is 12.9. The van der Waals surface area contributed by atoms with E-state index in [2.05, 4.69) is 22.0 Å². The van der Waals surface area contributed by atoms with E-state index >= 15 is 0 Å². The molecule has 1 atom stereocenters. The summed E-state index contributed by atoms with van der Waals surface area (Å²) in [5.41, 5.74) is 2.22. The van der Waals surface area contributed by atoms with Crippen molar-refractivity contribution in [1.82, 2.24) is 9.88 Å². The molecule has 0 spiro atoms. The Morgan fingerprint density at radius 2 is 1.82 bits per heavy atom. The highest BCUT2D eigenvalue weighted by molar-refractivity contribution is 5.69. The zero-order valence-electron chi connectivity index (χ0n) is 20.0. The van der Waals surface area contributed by atoms with Crippen molar-refractivity contribution in [3.63, 3.8) is 0 Å². The van der Waals surface area contributed by atoms with Gasteiger partial charge in [0.05, 0.1) is 5.56 Å². The van der Waals surface area contributed by atoms with Crippen molar-refractivity contribution in [2.45, 2.75) is 58.5 Å². The highest BCUT2D eigenvalue weighted by Gasteiger charge is 2.33. The lowest BCUT2D eigenvalue weighted by Crippen LogP contribution is -2.55. The molecule has 1 aromatic carbocycles. The number of piperazine rings is 1. The van der Waals surface area contributed by atoms with Gasteiger partial charge in [0.1, 0.15) is 11.4 Å². The lowest BCUT2D eigenvalue weighted by Gasteiger charge is -2.42. The maximum Gasteiger partial charge on any atom is 0.417 e. The van der Waals surface area contributed by atoms with Gasteiger partial charge in [-0.05, 0) is 63.4 Å². The minimum absolute atomic E-state index is 0.0178. The number of benzene rings is 1. The molecule has 0 bridgehead atoms. The molecule has 1 saturated heterocycles. The predicted molar refractivity (Wildman–Crippen MR) is 125 cm³/mol. The predicted octanol–water partition coefficient (Wildman–Crippen LogP) is 5.11. The summed E-state index contributed by atoms with van der Waals surface area (Å²) in [6.45, 7) is 10.8. The minimum atomic E-state index is -4.40. The van der Waals surface area contributed by atoms with E-state index in [9.17, 15) is 18.0 Å². The van der Waals surface area contributed by atoms with Crippen LogP contribution in [0.3, 0.4) is 0 Å². The van der Waals surface area contributed by atoms with E-state index in [-0.39, 0.29) is 12.1 Å². The van der Waals surface area contributed by atoms with Crippen LogP contribution in [-0.2, 0) is 23.9 Å². The Hall–Kier alpha value is -2.97. The molecule has 9 heteroatoms. The molecule has 184 valence electrons.